The van der Waals surface area contributed by atoms with Crippen LogP contribution in [0.25, 0.3) is 0 Å². The summed E-state index contributed by atoms with van der Waals surface area (Å²) in [7, 11) is 0. The molecule has 8 nitrogen and oxygen atoms in total. The van der Waals surface area contributed by atoms with Crippen LogP contribution in [0.1, 0.15) is 41.4 Å². The summed E-state index contributed by atoms with van der Waals surface area (Å²) in [6.45, 7) is 0. The molecule has 0 saturated carbocycles. The number of carbonyl (C=O) groups excluding carboxylic acids is 4. The van der Waals surface area contributed by atoms with Gasteiger partial charge < -0.3 is 39.6 Å². The molecule has 0 saturated heterocycles. The van der Waals surface area contributed by atoms with Crippen molar-refractivity contribution in [3.8, 4) is 0 Å². The molecule has 0 aliphatic carbocycles. The monoisotopic (exact) mass is 466 g/mol. The topological polar surface area (TPSA) is 161 Å². The predicted octanol–water partition coefficient (Wildman–Crippen LogP) is -2.31. The van der Waals surface area contributed by atoms with Crippen molar-refractivity contribution in [2.75, 3.05) is 0 Å². The largest absolute Gasteiger partial charge is 3.00 e. The Bertz CT molecular complexity index is 638. The van der Waals surface area contributed by atoms with Gasteiger partial charge in [0, 0.05) is 0 Å². The molecule has 0 amide bonds. The zero-order valence-electron chi connectivity index (χ0n) is 12.6. The molecule has 2 radical (unpaired) electrons. The maximum Gasteiger partial charge on any atom is 3.00 e. The maximum absolute atomic E-state index is 10.2. The Kier molecular flexibility index (Phi) is 11.8. The Hall–Kier alpha value is -2.51. The van der Waals surface area contributed by atoms with Crippen molar-refractivity contribution < 1.29 is 62.0 Å². The van der Waals surface area contributed by atoms with E-state index in [1.165, 1.54) is 0 Å². The van der Waals surface area contributed by atoms with Crippen LogP contribution in [-0.2, 0) is 22.4 Å². The minimum atomic E-state index is -1.33. The molecular weight excluding hydrogens is 459 g/mol. The van der Waals surface area contributed by atoms with Gasteiger partial charge in [-0.25, -0.2) is 0 Å². The van der Waals surface area contributed by atoms with Gasteiger partial charge in [0.05, 0.1) is 23.9 Å². The van der Waals surface area contributed by atoms with Gasteiger partial charge in [0.25, 0.3) is 0 Å². The Morgan fingerprint density at radius 2 is 0.577 bits per heavy atom. The van der Waals surface area contributed by atoms with Crippen molar-refractivity contribution in [3.05, 3.63) is 70.8 Å². The molecule has 26 heavy (non-hydrogen) atoms. The average Bonchev–Trinajstić information content (AvgIpc) is 2.55. The summed E-state index contributed by atoms with van der Waals surface area (Å²) in [5.74, 6) is -5.33. The molecule has 2 aromatic carbocycles. The Morgan fingerprint density at radius 1 is 0.462 bits per heavy atom. The normalized spacial score (nSPS) is 8.62. The molecule has 0 fully saturated rings. The first kappa shape index (κ1) is 25.7. The van der Waals surface area contributed by atoms with Gasteiger partial charge in [-0.05, 0) is 22.3 Å². The predicted molar refractivity (Wildman–Crippen MR) is 77.1 cm³/mol. The number of hydrogen-bond donors (Lipinski definition) is 0. The molecule has 10 heteroatoms. The number of carboxylic acid groups (broad SMARTS) is 4. The summed E-state index contributed by atoms with van der Waals surface area (Å²) in [6, 6.07) is 9.23. The van der Waals surface area contributed by atoms with E-state index in [-0.39, 0.29) is 54.5 Å². The van der Waals surface area contributed by atoms with E-state index < -0.39 is 23.9 Å². The van der Waals surface area contributed by atoms with E-state index in [1.54, 1.807) is 0 Å². The first-order chi connectivity index (χ1) is 11.2. The standard InChI is InChI=1S/2C8H6O4.Ag.P/c2*9-7(10)5-1-2-6(4-3-5)8(11)12;;/h2*1-4H,(H,9,10)(H,11,12);;/q;;+1;+3/p-4. The molecular formula is C16H8AgO8P. The fourth-order valence-corrected chi connectivity index (χ4v) is 1.48. The van der Waals surface area contributed by atoms with Crippen LogP contribution in [0.5, 0.6) is 0 Å². The molecule has 0 aromatic heterocycles. The second-order valence-electron chi connectivity index (χ2n) is 4.30. The molecule has 0 atom stereocenters. The second kappa shape index (κ2) is 11.9. The molecule has 0 aliphatic rings. The van der Waals surface area contributed by atoms with Crippen molar-refractivity contribution in [3.63, 3.8) is 0 Å². The number of rotatable bonds is 4. The summed E-state index contributed by atoms with van der Waals surface area (Å²) in [5, 5.41) is 40.8. The fourth-order valence-electron chi connectivity index (χ4n) is 1.48. The molecule has 0 aliphatic heterocycles. The van der Waals surface area contributed by atoms with Gasteiger partial charge in [0.2, 0.25) is 0 Å². The van der Waals surface area contributed by atoms with Crippen molar-refractivity contribution in [1.82, 2.24) is 0 Å². The zero-order valence-corrected chi connectivity index (χ0v) is 15.0. The van der Waals surface area contributed by atoms with E-state index >= 15 is 0 Å². The van der Waals surface area contributed by atoms with E-state index in [4.69, 9.17) is 0 Å². The summed E-state index contributed by atoms with van der Waals surface area (Å²) in [5.41, 5.74) is -0.222. The molecule has 0 spiro atoms. The van der Waals surface area contributed by atoms with Crippen LogP contribution in [-0.4, -0.2) is 23.9 Å². The third kappa shape index (κ3) is 8.04. The van der Waals surface area contributed by atoms with Gasteiger partial charge in [-0.15, -0.1) is 0 Å². The van der Waals surface area contributed by atoms with Crippen molar-refractivity contribution >= 4 is 33.8 Å². The second-order valence-corrected chi connectivity index (χ2v) is 4.30. The Morgan fingerprint density at radius 3 is 0.654 bits per heavy atom. The van der Waals surface area contributed by atoms with Gasteiger partial charge in [0.1, 0.15) is 0 Å². The molecule has 0 N–H and O–H groups in total. The quantitative estimate of drug-likeness (QED) is 0.358. The Balaban J connectivity index is 0. The zero-order chi connectivity index (χ0) is 18.3. The number of aromatic carboxylic acids is 4. The molecule has 0 unspecified atom stereocenters. The van der Waals surface area contributed by atoms with Crippen LogP contribution < -0.4 is 20.4 Å². The van der Waals surface area contributed by atoms with Gasteiger partial charge in [-0.3, -0.25) is 0 Å². The van der Waals surface area contributed by atoms with E-state index in [0.29, 0.717) is 0 Å². The fraction of sp³-hybridized carbons (Fsp3) is 0. The summed E-state index contributed by atoms with van der Waals surface area (Å²) < 4.78 is 0. The van der Waals surface area contributed by atoms with Crippen molar-refractivity contribution in [2.24, 2.45) is 0 Å². The minimum Gasteiger partial charge on any atom is -0.545 e. The molecule has 0 heterocycles. The van der Waals surface area contributed by atoms with Gasteiger partial charge in [0.15, 0.2) is 0 Å². The molecule has 136 valence electrons. The summed E-state index contributed by atoms with van der Waals surface area (Å²) >= 11 is 0. The van der Waals surface area contributed by atoms with E-state index in [9.17, 15) is 39.6 Å². The Labute approximate surface area is 166 Å². The summed E-state index contributed by atoms with van der Waals surface area (Å²) in [4.78, 5) is 40.8. The van der Waals surface area contributed by atoms with Crippen molar-refractivity contribution in [1.29, 1.82) is 0 Å². The van der Waals surface area contributed by atoms with Gasteiger partial charge in [-0.1, -0.05) is 48.5 Å². The first-order valence-corrected chi connectivity index (χ1v) is 6.28. The van der Waals surface area contributed by atoms with Crippen LogP contribution in [0.4, 0.5) is 0 Å². The van der Waals surface area contributed by atoms with Gasteiger partial charge >= 0.3 is 32.3 Å². The third-order valence-electron chi connectivity index (χ3n) is 2.71. The van der Waals surface area contributed by atoms with Gasteiger partial charge in [-0.2, -0.15) is 0 Å². The number of carboxylic acids is 4. The van der Waals surface area contributed by atoms with E-state index in [0.717, 1.165) is 48.5 Å². The SMILES string of the molecule is O=C([O-])c1ccc(C(=O)[O-])cc1.O=C([O-])c1ccc(C(=O)[O-])cc1.[Ag+].[P+3]. The van der Waals surface area contributed by atoms with Crippen LogP contribution in [0, 0.1) is 0 Å². The maximum atomic E-state index is 10.2. The van der Waals surface area contributed by atoms with Crippen molar-refractivity contribution in [2.45, 2.75) is 0 Å². The van der Waals surface area contributed by atoms with Crippen LogP contribution in [0.15, 0.2) is 48.5 Å². The first-order valence-electron chi connectivity index (χ1n) is 6.28. The third-order valence-corrected chi connectivity index (χ3v) is 2.71. The van der Waals surface area contributed by atoms with Crippen LogP contribution >= 0.6 is 9.90 Å². The molecule has 2 aromatic rings. The smallest absolute Gasteiger partial charge is 0.545 e. The average molecular weight is 467 g/mol. The van der Waals surface area contributed by atoms with E-state index in [2.05, 4.69) is 0 Å². The molecule has 2 rings (SSSR count). The van der Waals surface area contributed by atoms with E-state index in [1.807, 2.05) is 0 Å². The number of carbonyl (C=O) groups is 4. The summed E-state index contributed by atoms with van der Waals surface area (Å²) in [6.07, 6.45) is 0. The minimum absolute atomic E-state index is 0. The van der Waals surface area contributed by atoms with Crippen LogP contribution in [0.2, 0.25) is 0 Å². The van der Waals surface area contributed by atoms with Crippen LogP contribution in [0.3, 0.4) is 0 Å². The molecule has 0 bridgehead atoms. The number of hydrogen-bond acceptors (Lipinski definition) is 8. The number of benzene rings is 2.